The molecule has 0 radical (unpaired) electrons. The molecule has 0 bridgehead atoms. The predicted octanol–water partition coefficient (Wildman–Crippen LogP) is 2.38. The van der Waals surface area contributed by atoms with Crippen molar-refractivity contribution in [2.45, 2.75) is 37.9 Å². The molecule has 1 aromatic rings. The van der Waals surface area contributed by atoms with Gasteiger partial charge in [-0.1, -0.05) is 18.6 Å². The Hall–Kier alpha value is -1.22. The predicted molar refractivity (Wildman–Crippen MR) is 61.9 cm³/mol. The summed E-state index contributed by atoms with van der Waals surface area (Å²) in [6.45, 7) is 0. The smallest absolute Gasteiger partial charge is 0.161 e. The van der Waals surface area contributed by atoms with Gasteiger partial charge in [0.15, 0.2) is 11.5 Å². The van der Waals surface area contributed by atoms with E-state index in [1.54, 1.807) is 7.11 Å². The van der Waals surface area contributed by atoms with Crippen molar-refractivity contribution in [1.82, 2.24) is 0 Å². The largest absolute Gasteiger partial charge is 0.493 e. The number of ether oxygens (including phenoxy) is 2. The van der Waals surface area contributed by atoms with Crippen LogP contribution in [0.2, 0.25) is 0 Å². The lowest BCUT2D eigenvalue weighted by molar-refractivity contribution is 0.00568. The van der Waals surface area contributed by atoms with Crippen molar-refractivity contribution in [1.29, 1.82) is 0 Å². The zero-order valence-electron chi connectivity index (χ0n) is 9.56. The van der Waals surface area contributed by atoms with E-state index >= 15 is 0 Å². The Morgan fingerprint density at radius 1 is 1.12 bits per heavy atom. The van der Waals surface area contributed by atoms with Gasteiger partial charge >= 0.3 is 0 Å². The van der Waals surface area contributed by atoms with E-state index in [-0.39, 0.29) is 12.2 Å². The highest BCUT2D eigenvalue weighted by atomic mass is 16.5. The highest BCUT2D eigenvalue weighted by molar-refractivity contribution is 5.39. The highest BCUT2D eigenvalue weighted by Gasteiger charge is 2.25. The monoisotopic (exact) mass is 222 g/mol. The minimum absolute atomic E-state index is 0.0925. The van der Waals surface area contributed by atoms with Crippen LogP contribution in [0, 0.1) is 0 Å². The minimum Gasteiger partial charge on any atom is -0.493 e. The second kappa shape index (κ2) is 5.21. The molecule has 2 atom stereocenters. The van der Waals surface area contributed by atoms with E-state index in [0.717, 1.165) is 37.2 Å². The standard InChI is InChI=1S/C13H18O3/c1-15-12-8-4-5-9-13(12)16-11-7-3-2-6-10(11)14/h4-5,8-11,14H,2-3,6-7H2,1H3/t10-,11-/m1/s1. The Balaban J connectivity index is 2.07. The van der Waals surface area contributed by atoms with Crippen molar-refractivity contribution in [3.05, 3.63) is 24.3 Å². The second-order valence-electron chi connectivity index (χ2n) is 4.16. The van der Waals surface area contributed by atoms with E-state index < -0.39 is 0 Å². The average molecular weight is 222 g/mol. The zero-order valence-corrected chi connectivity index (χ0v) is 9.56. The van der Waals surface area contributed by atoms with Crippen molar-refractivity contribution in [2.24, 2.45) is 0 Å². The Kier molecular flexibility index (Phi) is 3.67. The molecule has 1 aromatic carbocycles. The van der Waals surface area contributed by atoms with Crippen molar-refractivity contribution in [3.8, 4) is 11.5 Å². The van der Waals surface area contributed by atoms with Gasteiger partial charge in [-0.05, 0) is 31.4 Å². The number of para-hydroxylation sites is 2. The van der Waals surface area contributed by atoms with E-state index in [0.29, 0.717) is 0 Å². The molecule has 0 spiro atoms. The molecule has 0 heterocycles. The van der Waals surface area contributed by atoms with Crippen molar-refractivity contribution in [3.63, 3.8) is 0 Å². The van der Waals surface area contributed by atoms with Crippen LogP contribution in [0.4, 0.5) is 0 Å². The summed E-state index contributed by atoms with van der Waals surface area (Å²) >= 11 is 0. The third kappa shape index (κ3) is 2.47. The molecule has 3 heteroatoms. The molecule has 0 saturated heterocycles. The van der Waals surface area contributed by atoms with Gasteiger partial charge in [-0.2, -0.15) is 0 Å². The molecule has 3 nitrogen and oxygen atoms in total. The first-order chi connectivity index (χ1) is 7.81. The summed E-state index contributed by atoms with van der Waals surface area (Å²) in [7, 11) is 1.62. The maximum Gasteiger partial charge on any atom is 0.161 e. The van der Waals surface area contributed by atoms with Gasteiger partial charge in [0, 0.05) is 0 Å². The summed E-state index contributed by atoms with van der Waals surface area (Å²) in [5.74, 6) is 1.44. The van der Waals surface area contributed by atoms with Gasteiger partial charge in [-0.3, -0.25) is 0 Å². The topological polar surface area (TPSA) is 38.7 Å². The van der Waals surface area contributed by atoms with Crippen LogP contribution in [0.25, 0.3) is 0 Å². The van der Waals surface area contributed by atoms with Crippen LogP contribution >= 0.6 is 0 Å². The molecular formula is C13H18O3. The van der Waals surface area contributed by atoms with Crippen molar-refractivity contribution >= 4 is 0 Å². The lowest BCUT2D eigenvalue weighted by atomic mass is 9.95. The van der Waals surface area contributed by atoms with Gasteiger partial charge in [0.2, 0.25) is 0 Å². The first kappa shape index (κ1) is 11.3. The third-order valence-electron chi connectivity index (χ3n) is 3.02. The molecule has 16 heavy (non-hydrogen) atoms. The van der Waals surface area contributed by atoms with E-state index in [4.69, 9.17) is 9.47 Å². The molecule has 1 aliphatic carbocycles. The number of hydrogen-bond acceptors (Lipinski definition) is 3. The van der Waals surface area contributed by atoms with E-state index in [2.05, 4.69) is 0 Å². The van der Waals surface area contributed by atoms with Crippen LogP contribution < -0.4 is 9.47 Å². The lowest BCUT2D eigenvalue weighted by Crippen LogP contribution is -2.34. The van der Waals surface area contributed by atoms with Crippen LogP contribution in [-0.4, -0.2) is 24.4 Å². The Labute approximate surface area is 96.0 Å². The SMILES string of the molecule is COc1ccccc1O[C@@H]1CCCC[C@H]1O. The second-order valence-corrected chi connectivity index (χ2v) is 4.16. The maximum absolute atomic E-state index is 9.83. The molecule has 0 aromatic heterocycles. The molecule has 0 aliphatic heterocycles. The van der Waals surface area contributed by atoms with Crippen LogP contribution in [0.5, 0.6) is 11.5 Å². The van der Waals surface area contributed by atoms with Gasteiger partial charge in [-0.25, -0.2) is 0 Å². The number of rotatable bonds is 3. The maximum atomic E-state index is 9.83. The van der Waals surface area contributed by atoms with Gasteiger partial charge in [0.25, 0.3) is 0 Å². The summed E-state index contributed by atoms with van der Waals surface area (Å²) in [5, 5.41) is 9.83. The van der Waals surface area contributed by atoms with Crippen LogP contribution in [0.1, 0.15) is 25.7 Å². The average Bonchev–Trinajstić information content (AvgIpc) is 2.33. The quantitative estimate of drug-likeness (QED) is 0.853. The number of benzene rings is 1. The normalized spacial score (nSPS) is 25.1. The fourth-order valence-corrected chi connectivity index (χ4v) is 2.09. The molecule has 2 rings (SSSR count). The van der Waals surface area contributed by atoms with Crippen LogP contribution in [0.15, 0.2) is 24.3 Å². The zero-order chi connectivity index (χ0) is 11.4. The third-order valence-corrected chi connectivity index (χ3v) is 3.02. The first-order valence-corrected chi connectivity index (χ1v) is 5.79. The Morgan fingerprint density at radius 2 is 1.81 bits per heavy atom. The minimum atomic E-state index is -0.348. The summed E-state index contributed by atoms with van der Waals surface area (Å²) in [5.41, 5.74) is 0. The molecular weight excluding hydrogens is 204 g/mol. The Morgan fingerprint density at radius 3 is 2.50 bits per heavy atom. The van der Waals surface area contributed by atoms with Crippen LogP contribution in [0.3, 0.4) is 0 Å². The number of methoxy groups -OCH3 is 1. The van der Waals surface area contributed by atoms with E-state index in [1.807, 2.05) is 24.3 Å². The lowest BCUT2D eigenvalue weighted by Gasteiger charge is -2.28. The van der Waals surface area contributed by atoms with Gasteiger partial charge in [0.05, 0.1) is 13.2 Å². The summed E-state index contributed by atoms with van der Waals surface area (Å²) in [6.07, 6.45) is 3.52. The summed E-state index contributed by atoms with van der Waals surface area (Å²) < 4.78 is 11.0. The Bertz CT molecular complexity index is 338. The van der Waals surface area contributed by atoms with Gasteiger partial charge in [0.1, 0.15) is 6.10 Å². The van der Waals surface area contributed by atoms with Gasteiger partial charge in [-0.15, -0.1) is 0 Å². The van der Waals surface area contributed by atoms with E-state index in [1.165, 1.54) is 0 Å². The number of aliphatic hydroxyl groups is 1. The summed E-state index contributed by atoms with van der Waals surface area (Å²) in [6, 6.07) is 7.56. The first-order valence-electron chi connectivity index (χ1n) is 5.79. The highest BCUT2D eigenvalue weighted by Crippen LogP contribution is 2.30. The fraction of sp³-hybridized carbons (Fsp3) is 0.538. The summed E-state index contributed by atoms with van der Waals surface area (Å²) in [4.78, 5) is 0. The van der Waals surface area contributed by atoms with Crippen molar-refractivity contribution in [2.75, 3.05) is 7.11 Å². The number of aliphatic hydroxyl groups excluding tert-OH is 1. The van der Waals surface area contributed by atoms with Crippen molar-refractivity contribution < 1.29 is 14.6 Å². The molecule has 1 aliphatic rings. The van der Waals surface area contributed by atoms with Gasteiger partial charge < -0.3 is 14.6 Å². The molecule has 1 fully saturated rings. The molecule has 1 saturated carbocycles. The molecule has 0 unspecified atom stereocenters. The van der Waals surface area contributed by atoms with E-state index in [9.17, 15) is 5.11 Å². The fourth-order valence-electron chi connectivity index (χ4n) is 2.09. The number of hydrogen-bond donors (Lipinski definition) is 1. The molecule has 0 amide bonds. The van der Waals surface area contributed by atoms with Crippen LogP contribution in [-0.2, 0) is 0 Å². The molecule has 88 valence electrons. The molecule has 1 N–H and O–H groups in total.